The third kappa shape index (κ3) is 3.66. The summed E-state index contributed by atoms with van der Waals surface area (Å²) >= 11 is 0. The number of nitro benzene ring substituents is 2. The molecule has 19 heavy (non-hydrogen) atoms. The van der Waals surface area contributed by atoms with Crippen molar-refractivity contribution in [2.24, 2.45) is 0 Å². The van der Waals surface area contributed by atoms with Crippen molar-refractivity contribution >= 4 is 22.9 Å². The van der Waals surface area contributed by atoms with Crippen molar-refractivity contribution in [1.29, 1.82) is 0 Å². The number of Topliss-reactive ketones (excluding diaryl/α,β-unsaturated/α-hetero) is 2. The quantitative estimate of drug-likeness (QED) is 0.336. The van der Waals surface area contributed by atoms with Gasteiger partial charge in [0, 0.05) is 24.1 Å². The minimum absolute atomic E-state index is 0.156. The molecule has 0 radical (unpaired) electrons. The molecule has 0 spiro atoms. The number of rotatable bonds is 6. The number of hydrogen-bond donors (Lipinski definition) is 0. The van der Waals surface area contributed by atoms with E-state index < -0.39 is 33.4 Å². The zero-order valence-electron chi connectivity index (χ0n) is 9.99. The summed E-state index contributed by atoms with van der Waals surface area (Å²) in [5.41, 5.74) is -1.31. The maximum atomic E-state index is 11.7. The minimum atomic E-state index is -0.828. The highest BCUT2D eigenvalue weighted by Crippen LogP contribution is 2.23. The van der Waals surface area contributed by atoms with E-state index in [1.807, 2.05) is 0 Å². The summed E-state index contributed by atoms with van der Waals surface area (Å²) in [7, 11) is 0. The molecule has 0 saturated carbocycles. The van der Waals surface area contributed by atoms with Gasteiger partial charge in [-0.15, -0.1) is 0 Å². The van der Waals surface area contributed by atoms with Gasteiger partial charge < -0.3 is 0 Å². The number of ketones is 2. The predicted octanol–water partition coefficient (Wildman–Crippen LogP) is 2.05. The van der Waals surface area contributed by atoms with Crippen LogP contribution in [0.15, 0.2) is 18.2 Å². The highest BCUT2D eigenvalue weighted by atomic mass is 16.6. The molecule has 1 aromatic rings. The first-order chi connectivity index (χ1) is 8.85. The first-order valence-corrected chi connectivity index (χ1v) is 5.34. The van der Waals surface area contributed by atoms with Crippen LogP contribution in [0, 0.1) is 20.2 Å². The Labute approximate surface area is 107 Å². The number of nitro groups is 2. The van der Waals surface area contributed by atoms with E-state index in [1.54, 1.807) is 6.92 Å². The van der Waals surface area contributed by atoms with Crippen molar-refractivity contribution in [2.45, 2.75) is 19.8 Å². The third-order valence-electron chi connectivity index (χ3n) is 2.40. The monoisotopic (exact) mass is 266 g/mol. The molecule has 0 fully saturated rings. The molecule has 0 amide bonds. The maximum absolute atomic E-state index is 11.7. The second-order valence-corrected chi connectivity index (χ2v) is 3.74. The van der Waals surface area contributed by atoms with Crippen molar-refractivity contribution in [3.63, 3.8) is 0 Å². The summed E-state index contributed by atoms with van der Waals surface area (Å²) < 4.78 is 0. The summed E-state index contributed by atoms with van der Waals surface area (Å²) in [6, 6.07) is 2.62. The fourth-order valence-corrected chi connectivity index (χ4v) is 1.37. The van der Waals surface area contributed by atoms with Gasteiger partial charge in [0.15, 0.2) is 5.78 Å². The molecule has 0 bridgehead atoms. The van der Waals surface area contributed by atoms with E-state index in [0.29, 0.717) is 0 Å². The van der Waals surface area contributed by atoms with Crippen LogP contribution >= 0.6 is 0 Å². The van der Waals surface area contributed by atoms with Gasteiger partial charge in [0.25, 0.3) is 11.4 Å². The van der Waals surface area contributed by atoms with Crippen LogP contribution in [0.5, 0.6) is 0 Å². The van der Waals surface area contributed by atoms with Gasteiger partial charge in [-0.1, -0.05) is 6.92 Å². The van der Waals surface area contributed by atoms with Gasteiger partial charge in [0.05, 0.1) is 22.3 Å². The lowest BCUT2D eigenvalue weighted by atomic mass is 10.0. The fourth-order valence-electron chi connectivity index (χ4n) is 1.37. The van der Waals surface area contributed by atoms with Crippen molar-refractivity contribution in [3.05, 3.63) is 44.0 Å². The van der Waals surface area contributed by atoms with Crippen LogP contribution in [-0.4, -0.2) is 21.4 Å². The summed E-state index contributed by atoms with van der Waals surface area (Å²) in [6.07, 6.45) is -0.266. The lowest BCUT2D eigenvalue weighted by molar-refractivity contribution is -0.394. The van der Waals surface area contributed by atoms with Gasteiger partial charge >= 0.3 is 0 Å². The topological polar surface area (TPSA) is 120 Å². The zero-order valence-corrected chi connectivity index (χ0v) is 9.99. The largest absolute Gasteiger partial charge is 0.299 e. The number of hydrogen-bond acceptors (Lipinski definition) is 6. The molecule has 0 unspecified atom stereocenters. The van der Waals surface area contributed by atoms with Crippen LogP contribution in [0.3, 0.4) is 0 Å². The smallest absolute Gasteiger partial charge is 0.277 e. The maximum Gasteiger partial charge on any atom is 0.277 e. The molecule has 0 aromatic heterocycles. The van der Waals surface area contributed by atoms with Crippen LogP contribution in [0.1, 0.15) is 30.1 Å². The van der Waals surface area contributed by atoms with E-state index >= 15 is 0 Å². The van der Waals surface area contributed by atoms with Gasteiger partial charge in [-0.05, 0) is 0 Å². The second kappa shape index (κ2) is 5.80. The van der Waals surface area contributed by atoms with E-state index in [2.05, 4.69) is 0 Å². The molecule has 1 rings (SSSR count). The fraction of sp³-hybridized carbons (Fsp3) is 0.273. The zero-order chi connectivity index (χ0) is 14.6. The normalized spacial score (nSPS) is 9.95. The van der Waals surface area contributed by atoms with Gasteiger partial charge in [-0.2, -0.15) is 0 Å². The van der Waals surface area contributed by atoms with Gasteiger partial charge in [0.2, 0.25) is 0 Å². The molecule has 0 aliphatic heterocycles. The molecule has 0 aliphatic rings. The molecule has 8 nitrogen and oxygen atoms in total. The van der Waals surface area contributed by atoms with Crippen molar-refractivity contribution in [1.82, 2.24) is 0 Å². The SMILES string of the molecule is CCC(=O)CC(=O)c1cc([N+](=O)[O-])cc([N+](=O)[O-])c1. The molecule has 100 valence electrons. The highest BCUT2D eigenvalue weighted by Gasteiger charge is 2.20. The first-order valence-electron chi connectivity index (χ1n) is 5.34. The molecular formula is C11H10N2O6. The summed E-state index contributed by atoms with van der Waals surface area (Å²) in [5, 5.41) is 21.3. The number of carbonyl (C=O) groups excluding carboxylic acids is 2. The van der Waals surface area contributed by atoms with E-state index in [0.717, 1.165) is 18.2 Å². The van der Waals surface area contributed by atoms with Crippen molar-refractivity contribution < 1.29 is 19.4 Å². The summed E-state index contributed by atoms with van der Waals surface area (Å²) in [4.78, 5) is 42.5. The summed E-state index contributed by atoms with van der Waals surface area (Å²) in [5.74, 6) is -1.00. The Morgan fingerprint density at radius 1 is 1.05 bits per heavy atom. The van der Waals surface area contributed by atoms with Crippen LogP contribution in [0.4, 0.5) is 11.4 Å². The van der Waals surface area contributed by atoms with E-state index in [4.69, 9.17) is 0 Å². The Balaban J connectivity index is 3.19. The molecule has 0 N–H and O–H groups in total. The Bertz CT molecular complexity index is 534. The molecule has 1 aromatic carbocycles. The highest BCUT2D eigenvalue weighted by molar-refractivity contribution is 6.08. The first kappa shape index (κ1) is 14.4. The van der Waals surface area contributed by atoms with Gasteiger partial charge in [-0.25, -0.2) is 0 Å². The van der Waals surface area contributed by atoms with Crippen LogP contribution in [-0.2, 0) is 4.79 Å². The van der Waals surface area contributed by atoms with Crippen LogP contribution in [0.2, 0.25) is 0 Å². The summed E-state index contributed by atoms with van der Waals surface area (Å²) in [6.45, 7) is 1.57. The van der Waals surface area contributed by atoms with E-state index in [9.17, 15) is 29.8 Å². The average molecular weight is 266 g/mol. The van der Waals surface area contributed by atoms with Crippen molar-refractivity contribution in [3.8, 4) is 0 Å². The van der Waals surface area contributed by atoms with Crippen LogP contribution in [0.25, 0.3) is 0 Å². The van der Waals surface area contributed by atoms with Gasteiger partial charge in [0.1, 0.15) is 5.78 Å². The Kier molecular flexibility index (Phi) is 4.41. The number of nitrogens with zero attached hydrogens (tertiary/aromatic N) is 2. The van der Waals surface area contributed by atoms with E-state index in [-0.39, 0.29) is 17.8 Å². The van der Waals surface area contributed by atoms with E-state index in [1.165, 1.54) is 0 Å². The molecular weight excluding hydrogens is 256 g/mol. The third-order valence-corrected chi connectivity index (χ3v) is 2.40. The number of benzene rings is 1. The standard InChI is InChI=1S/C11H10N2O6/c1-2-10(14)6-11(15)7-3-8(12(16)17)5-9(4-7)13(18)19/h3-5H,2,6H2,1H3. The Hall–Kier alpha value is -2.64. The lowest BCUT2D eigenvalue weighted by Crippen LogP contribution is -2.08. The van der Waals surface area contributed by atoms with Crippen molar-refractivity contribution in [2.75, 3.05) is 0 Å². The molecule has 8 heteroatoms. The second-order valence-electron chi connectivity index (χ2n) is 3.74. The predicted molar refractivity (Wildman–Crippen MR) is 64.0 cm³/mol. The molecule has 0 aliphatic carbocycles. The number of non-ortho nitro benzene ring substituents is 2. The molecule has 0 atom stereocenters. The number of carbonyl (C=O) groups is 2. The minimum Gasteiger partial charge on any atom is -0.299 e. The van der Waals surface area contributed by atoms with Crippen LogP contribution < -0.4 is 0 Å². The average Bonchev–Trinajstić information content (AvgIpc) is 2.37. The Morgan fingerprint density at radius 2 is 1.53 bits per heavy atom. The lowest BCUT2D eigenvalue weighted by Gasteiger charge is -2.00. The van der Waals surface area contributed by atoms with Gasteiger partial charge in [-0.3, -0.25) is 29.8 Å². The molecule has 0 heterocycles. The molecule has 0 saturated heterocycles. The Morgan fingerprint density at radius 3 is 1.89 bits per heavy atom.